The molecule has 158 valence electrons. The van der Waals surface area contributed by atoms with E-state index in [2.05, 4.69) is 52.6 Å². The van der Waals surface area contributed by atoms with Crippen molar-refractivity contribution in [3.8, 4) is 0 Å². The Bertz CT molecular complexity index is 275. The van der Waals surface area contributed by atoms with Crippen molar-refractivity contribution in [2.45, 2.75) is 152 Å². The molecule has 0 saturated heterocycles. The van der Waals surface area contributed by atoms with E-state index in [-0.39, 0.29) is 0 Å². The van der Waals surface area contributed by atoms with E-state index in [0.29, 0.717) is 4.32 Å². The molecular weight excluding hydrogens is 448 g/mol. The highest BCUT2D eigenvalue weighted by Crippen LogP contribution is 2.31. The zero-order chi connectivity index (χ0) is 19.5. The van der Waals surface area contributed by atoms with E-state index in [1.165, 1.54) is 122 Å². The second-order valence-electron chi connectivity index (χ2n) is 8.68. The Balaban J connectivity index is 3.45. The number of rotatable bonds is 20. The summed E-state index contributed by atoms with van der Waals surface area (Å²) in [6.07, 6.45) is 26.6. The largest absolute Gasteiger partial charge is 0.0891 e. The van der Waals surface area contributed by atoms with Gasteiger partial charge in [-0.25, -0.2) is 0 Å². The van der Waals surface area contributed by atoms with Gasteiger partial charge in [0.15, 0.2) is 0 Å². The Morgan fingerprint density at radius 2 is 0.923 bits per heavy atom. The fraction of sp³-hybridized carbons (Fsp3) is 1.00. The molecule has 0 aliphatic carbocycles. The summed E-state index contributed by atoms with van der Waals surface area (Å²) >= 11 is 7.89. The average molecular weight is 496 g/mol. The first-order valence-electron chi connectivity index (χ1n) is 11.8. The molecule has 0 saturated carbocycles. The van der Waals surface area contributed by atoms with Crippen LogP contribution in [0.25, 0.3) is 0 Å². The normalized spacial score (nSPS) is 15.1. The Morgan fingerprint density at radius 1 is 0.577 bits per heavy atom. The van der Waals surface area contributed by atoms with Crippen LogP contribution in [-0.2, 0) is 0 Å². The summed E-state index contributed by atoms with van der Waals surface area (Å²) in [7, 11) is 0. The predicted molar refractivity (Wildman–Crippen MR) is 129 cm³/mol. The summed E-state index contributed by atoms with van der Waals surface area (Å²) in [5.41, 5.74) is 0. The monoisotopic (exact) mass is 494 g/mol. The second kappa shape index (κ2) is 19.3. The summed E-state index contributed by atoms with van der Waals surface area (Å²) in [6.45, 7) is 7.00. The van der Waals surface area contributed by atoms with Crippen molar-refractivity contribution < 1.29 is 0 Å². The molecule has 0 aromatic rings. The van der Waals surface area contributed by atoms with E-state index in [1.54, 1.807) is 0 Å². The van der Waals surface area contributed by atoms with Crippen LogP contribution in [0.1, 0.15) is 143 Å². The molecule has 0 aliphatic heterocycles. The number of alkyl halides is 2. The van der Waals surface area contributed by atoms with Gasteiger partial charge >= 0.3 is 0 Å². The lowest BCUT2D eigenvalue weighted by Gasteiger charge is -2.22. The molecule has 2 atom stereocenters. The van der Waals surface area contributed by atoms with E-state index < -0.39 is 0 Å². The van der Waals surface area contributed by atoms with Crippen LogP contribution < -0.4 is 0 Å². The SMILES string of the molecule is CCCCCCCCCCC(C)(Br)CCCCCC(Br)CCCCCC. The van der Waals surface area contributed by atoms with Crippen LogP contribution in [0.3, 0.4) is 0 Å². The van der Waals surface area contributed by atoms with Crippen molar-refractivity contribution in [3.05, 3.63) is 0 Å². The maximum Gasteiger partial charge on any atom is 0.0229 e. The molecule has 0 aromatic carbocycles. The summed E-state index contributed by atoms with van der Waals surface area (Å²) < 4.78 is 0.378. The van der Waals surface area contributed by atoms with Gasteiger partial charge in [-0.15, -0.1) is 0 Å². The van der Waals surface area contributed by atoms with Gasteiger partial charge in [0.1, 0.15) is 0 Å². The van der Waals surface area contributed by atoms with Crippen molar-refractivity contribution in [2.75, 3.05) is 0 Å². The average Bonchev–Trinajstić information content (AvgIpc) is 2.60. The van der Waals surface area contributed by atoms with Gasteiger partial charge in [0.05, 0.1) is 0 Å². The molecule has 0 spiro atoms. The standard InChI is InChI=1S/C24H48Br2/c1-4-6-8-10-11-12-13-17-21-24(3,26)22-18-14-16-20-23(25)19-15-9-7-5-2/h23H,4-22H2,1-3H3. The van der Waals surface area contributed by atoms with Crippen LogP contribution in [0.5, 0.6) is 0 Å². The molecule has 0 aliphatic rings. The zero-order valence-electron chi connectivity index (χ0n) is 18.3. The van der Waals surface area contributed by atoms with Gasteiger partial charge in [-0.05, 0) is 32.6 Å². The third kappa shape index (κ3) is 19.7. The molecule has 0 fully saturated rings. The van der Waals surface area contributed by atoms with Crippen molar-refractivity contribution >= 4 is 31.9 Å². The zero-order valence-corrected chi connectivity index (χ0v) is 21.4. The maximum atomic E-state index is 4.01. The Hall–Kier alpha value is 0.960. The molecule has 0 rings (SSSR count). The molecule has 2 heteroatoms. The smallest absolute Gasteiger partial charge is 0.0229 e. The van der Waals surface area contributed by atoms with Crippen LogP contribution in [0, 0.1) is 0 Å². The van der Waals surface area contributed by atoms with Gasteiger partial charge in [-0.2, -0.15) is 0 Å². The maximum absolute atomic E-state index is 4.01. The molecule has 0 N–H and O–H groups in total. The van der Waals surface area contributed by atoms with E-state index in [4.69, 9.17) is 0 Å². The van der Waals surface area contributed by atoms with E-state index in [0.717, 1.165) is 4.83 Å². The Kier molecular flexibility index (Phi) is 20.0. The summed E-state index contributed by atoms with van der Waals surface area (Å²) in [5, 5.41) is 0. The van der Waals surface area contributed by atoms with Gasteiger partial charge < -0.3 is 0 Å². The number of halogens is 2. The van der Waals surface area contributed by atoms with Gasteiger partial charge in [-0.1, -0.05) is 142 Å². The van der Waals surface area contributed by atoms with E-state index in [1.807, 2.05) is 0 Å². The predicted octanol–water partition coefficient (Wildman–Crippen LogP) is 10.4. The quantitative estimate of drug-likeness (QED) is 0.116. The third-order valence-corrected chi connectivity index (χ3v) is 7.35. The first kappa shape index (κ1) is 27.0. The summed E-state index contributed by atoms with van der Waals surface area (Å²) in [5.74, 6) is 0. The minimum absolute atomic E-state index is 0.378. The lowest BCUT2D eigenvalue weighted by Crippen LogP contribution is -2.15. The van der Waals surface area contributed by atoms with Crippen LogP contribution in [0.4, 0.5) is 0 Å². The minimum Gasteiger partial charge on any atom is -0.0891 e. The Morgan fingerprint density at radius 3 is 1.38 bits per heavy atom. The number of unbranched alkanes of at least 4 members (excludes halogenated alkanes) is 12. The fourth-order valence-corrected chi connectivity index (χ4v) is 4.93. The second-order valence-corrected chi connectivity index (χ2v) is 11.9. The third-order valence-electron chi connectivity index (χ3n) is 5.64. The lowest BCUT2D eigenvalue weighted by molar-refractivity contribution is 0.471. The Labute approximate surface area is 183 Å². The van der Waals surface area contributed by atoms with Crippen LogP contribution >= 0.6 is 31.9 Å². The molecule has 0 heterocycles. The molecule has 2 unspecified atom stereocenters. The van der Waals surface area contributed by atoms with Crippen molar-refractivity contribution in [1.82, 2.24) is 0 Å². The van der Waals surface area contributed by atoms with E-state index in [9.17, 15) is 0 Å². The molecule has 26 heavy (non-hydrogen) atoms. The van der Waals surface area contributed by atoms with Crippen LogP contribution in [0.15, 0.2) is 0 Å². The molecule has 0 aromatic heterocycles. The van der Waals surface area contributed by atoms with Crippen LogP contribution in [-0.4, -0.2) is 9.15 Å². The van der Waals surface area contributed by atoms with E-state index >= 15 is 0 Å². The fourth-order valence-electron chi connectivity index (χ4n) is 3.73. The van der Waals surface area contributed by atoms with Gasteiger partial charge in [0.2, 0.25) is 0 Å². The topological polar surface area (TPSA) is 0 Å². The van der Waals surface area contributed by atoms with Crippen LogP contribution in [0.2, 0.25) is 0 Å². The molecule has 0 bridgehead atoms. The lowest BCUT2D eigenvalue weighted by atomic mass is 9.95. The summed E-state index contributed by atoms with van der Waals surface area (Å²) in [6, 6.07) is 0. The van der Waals surface area contributed by atoms with Gasteiger partial charge in [0.25, 0.3) is 0 Å². The molecule has 0 nitrogen and oxygen atoms in total. The molecule has 0 radical (unpaired) electrons. The first-order valence-corrected chi connectivity index (χ1v) is 13.6. The van der Waals surface area contributed by atoms with Gasteiger partial charge in [0, 0.05) is 9.15 Å². The highest BCUT2D eigenvalue weighted by Gasteiger charge is 2.18. The van der Waals surface area contributed by atoms with Crippen molar-refractivity contribution in [1.29, 1.82) is 0 Å². The summed E-state index contributed by atoms with van der Waals surface area (Å²) in [4.78, 5) is 0.757. The number of hydrogen-bond donors (Lipinski definition) is 0. The van der Waals surface area contributed by atoms with Crippen molar-refractivity contribution in [3.63, 3.8) is 0 Å². The van der Waals surface area contributed by atoms with Crippen molar-refractivity contribution in [2.24, 2.45) is 0 Å². The first-order chi connectivity index (χ1) is 12.5. The van der Waals surface area contributed by atoms with Gasteiger partial charge in [-0.3, -0.25) is 0 Å². The molecular formula is C24H48Br2. The number of hydrogen-bond acceptors (Lipinski definition) is 0. The minimum atomic E-state index is 0.378. The highest BCUT2D eigenvalue weighted by molar-refractivity contribution is 9.10. The highest BCUT2D eigenvalue weighted by atomic mass is 79.9. The molecule has 0 amide bonds.